The van der Waals surface area contributed by atoms with Gasteiger partial charge in [0.05, 0.1) is 24.9 Å². The predicted octanol–water partition coefficient (Wildman–Crippen LogP) is 3.26. The molecule has 1 aromatic carbocycles. The Bertz CT molecular complexity index is 603. The van der Waals surface area contributed by atoms with E-state index >= 15 is 0 Å². The first-order valence-corrected chi connectivity index (χ1v) is 6.80. The number of ether oxygens (including phenoxy) is 1. The first kappa shape index (κ1) is 17.8. The van der Waals surface area contributed by atoms with E-state index in [4.69, 9.17) is 4.74 Å². The lowest BCUT2D eigenvalue weighted by Crippen LogP contribution is -2.15. The van der Waals surface area contributed by atoms with Gasteiger partial charge in [0.1, 0.15) is 11.6 Å². The van der Waals surface area contributed by atoms with E-state index in [1.54, 1.807) is 25.4 Å². The lowest BCUT2D eigenvalue weighted by atomic mass is 10.2. The molecule has 0 fully saturated rings. The molecule has 1 aromatic heterocycles. The molecule has 0 atom stereocenters. The van der Waals surface area contributed by atoms with Crippen LogP contribution in [0.2, 0.25) is 0 Å². The number of rotatable bonds is 6. The van der Waals surface area contributed by atoms with Crippen molar-refractivity contribution in [3.63, 3.8) is 0 Å². The highest BCUT2D eigenvalue weighted by atomic mass is 35.5. The third-order valence-electron chi connectivity index (χ3n) is 2.89. The highest BCUT2D eigenvalue weighted by Gasteiger charge is 2.03. The van der Waals surface area contributed by atoms with Gasteiger partial charge in [-0.15, -0.1) is 12.4 Å². The van der Waals surface area contributed by atoms with Gasteiger partial charge in [-0.25, -0.2) is 4.98 Å². The van der Waals surface area contributed by atoms with Crippen molar-refractivity contribution < 1.29 is 9.53 Å². The van der Waals surface area contributed by atoms with Crippen LogP contribution in [0.3, 0.4) is 0 Å². The van der Waals surface area contributed by atoms with Gasteiger partial charge < -0.3 is 15.4 Å². The molecule has 2 N–H and O–H groups in total. The number of aryl methyl sites for hydroxylation is 1. The largest absolute Gasteiger partial charge is 0.493 e. The Kier molecular flexibility index (Phi) is 7.19. The summed E-state index contributed by atoms with van der Waals surface area (Å²) in [5.74, 6) is 1.44. The minimum Gasteiger partial charge on any atom is -0.493 e. The molecule has 0 aliphatic heterocycles. The van der Waals surface area contributed by atoms with Gasteiger partial charge in [0.25, 0.3) is 0 Å². The van der Waals surface area contributed by atoms with E-state index in [-0.39, 0.29) is 18.3 Å². The molecule has 1 amide bonds. The van der Waals surface area contributed by atoms with E-state index in [1.165, 1.54) is 0 Å². The molecular formula is C16H20ClN3O2. The molecule has 0 radical (unpaired) electrons. The summed E-state index contributed by atoms with van der Waals surface area (Å²) in [5.41, 5.74) is 1.81. The van der Waals surface area contributed by atoms with Crippen LogP contribution in [0.25, 0.3) is 0 Å². The van der Waals surface area contributed by atoms with Crippen molar-refractivity contribution in [2.75, 3.05) is 24.3 Å². The fourth-order valence-electron chi connectivity index (χ4n) is 1.81. The molecule has 2 rings (SSSR count). The summed E-state index contributed by atoms with van der Waals surface area (Å²) >= 11 is 0. The number of halogens is 1. The number of nitrogens with zero attached hydrogens (tertiary/aromatic N) is 1. The zero-order chi connectivity index (χ0) is 15.1. The summed E-state index contributed by atoms with van der Waals surface area (Å²) in [5, 5.41) is 5.70. The fraction of sp³-hybridized carbons (Fsp3) is 0.250. The first-order chi connectivity index (χ1) is 10.2. The summed E-state index contributed by atoms with van der Waals surface area (Å²) in [4.78, 5) is 15.9. The maximum absolute atomic E-state index is 11.8. The van der Waals surface area contributed by atoms with Crippen molar-refractivity contribution in [2.24, 2.45) is 0 Å². The van der Waals surface area contributed by atoms with Gasteiger partial charge in [0, 0.05) is 7.05 Å². The van der Waals surface area contributed by atoms with Gasteiger partial charge in [0.2, 0.25) is 5.91 Å². The minimum atomic E-state index is -0.0957. The number of carbonyl (C=O) groups is 1. The second-order valence-corrected chi connectivity index (χ2v) is 4.65. The van der Waals surface area contributed by atoms with Gasteiger partial charge >= 0.3 is 0 Å². The van der Waals surface area contributed by atoms with Gasteiger partial charge in [-0.1, -0.05) is 12.1 Å². The average Bonchev–Trinajstić information content (AvgIpc) is 2.48. The van der Waals surface area contributed by atoms with Crippen LogP contribution in [-0.2, 0) is 4.79 Å². The van der Waals surface area contributed by atoms with Crippen LogP contribution in [0, 0.1) is 6.92 Å². The Hall–Kier alpha value is -2.27. The van der Waals surface area contributed by atoms with Crippen molar-refractivity contribution in [1.82, 2.24) is 4.98 Å². The molecule has 0 saturated heterocycles. The summed E-state index contributed by atoms with van der Waals surface area (Å²) in [6.45, 7) is 2.35. The number of amides is 1. The molecule has 0 unspecified atom stereocenters. The molecule has 0 saturated carbocycles. The zero-order valence-electron chi connectivity index (χ0n) is 12.6. The van der Waals surface area contributed by atoms with Crippen LogP contribution >= 0.6 is 12.4 Å². The van der Waals surface area contributed by atoms with Crippen molar-refractivity contribution >= 4 is 29.8 Å². The lowest BCUT2D eigenvalue weighted by Gasteiger charge is -2.08. The first-order valence-electron chi connectivity index (χ1n) is 6.80. The third-order valence-corrected chi connectivity index (χ3v) is 2.89. The number of carbonyl (C=O) groups excluding carboxylic acids is 1. The van der Waals surface area contributed by atoms with Crippen LogP contribution in [0.5, 0.6) is 5.75 Å². The predicted molar refractivity (Wildman–Crippen MR) is 91.0 cm³/mol. The van der Waals surface area contributed by atoms with E-state index in [1.807, 2.05) is 31.2 Å². The highest BCUT2D eigenvalue weighted by Crippen LogP contribution is 2.13. The second-order valence-electron chi connectivity index (χ2n) is 4.65. The number of benzene rings is 1. The van der Waals surface area contributed by atoms with Crippen molar-refractivity contribution in [1.29, 1.82) is 0 Å². The van der Waals surface area contributed by atoms with E-state index in [0.717, 1.165) is 17.1 Å². The molecule has 6 heteroatoms. The van der Waals surface area contributed by atoms with Crippen LogP contribution in [0.15, 0.2) is 42.6 Å². The molecule has 2 aromatic rings. The minimum absolute atomic E-state index is 0. The summed E-state index contributed by atoms with van der Waals surface area (Å²) in [7, 11) is 1.79. The summed E-state index contributed by atoms with van der Waals surface area (Å²) in [6, 6.07) is 11.4. The number of nitrogens with one attached hydrogen (secondary N) is 2. The van der Waals surface area contributed by atoms with Gasteiger partial charge in [-0.3, -0.25) is 4.79 Å². The third kappa shape index (κ3) is 5.61. The topological polar surface area (TPSA) is 63.2 Å². The van der Waals surface area contributed by atoms with Gasteiger partial charge in [-0.2, -0.15) is 0 Å². The number of hydrogen-bond acceptors (Lipinski definition) is 4. The zero-order valence-corrected chi connectivity index (χ0v) is 13.4. The number of aromatic nitrogens is 1. The monoisotopic (exact) mass is 321 g/mol. The Morgan fingerprint density at radius 1 is 1.27 bits per heavy atom. The fourth-order valence-corrected chi connectivity index (χ4v) is 1.81. The number of anilines is 2. The van der Waals surface area contributed by atoms with Crippen molar-refractivity contribution in [3.05, 3.63) is 48.2 Å². The molecule has 22 heavy (non-hydrogen) atoms. The SMILES string of the molecule is CNc1ccc(NC(=O)CCOc2cccc(C)c2)cn1.Cl. The van der Waals surface area contributed by atoms with Crippen LogP contribution in [0.4, 0.5) is 11.5 Å². The number of pyridine rings is 1. The maximum atomic E-state index is 11.8. The molecule has 0 aliphatic rings. The van der Waals surface area contributed by atoms with E-state index < -0.39 is 0 Å². The Balaban J connectivity index is 0.00000242. The summed E-state index contributed by atoms with van der Waals surface area (Å²) < 4.78 is 5.55. The molecule has 0 bridgehead atoms. The quantitative estimate of drug-likeness (QED) is 0.857. The van der Waals surface area contributed by atoms with Crippen LogP contribution in [-0.4, -0.2) is 24.5 Å². The Morgan fingerprint density at radius 3 is 2.73 bits per heavy atom. The number of hydrogen-bond donors (Lipinski definition) is 2. The molecular weight excluding hydrogens is 302 g/mol. The lowest BCUT2D eigenvalue weighted by molar-refractivity contribution is -0.116. The molecule has 1 heterocycles. The standard InChI is InChI=1S/C16H19N3O2.ClH/c1-12-4-3-5-14(10-12)21-9-8-16(20)19-13-6-7-15(17-2)18-11-13;/h3-7,10-11H,8-9H2,1-2H3,(H,17,18)(H,19,20);1H. The molecule has 0 spiro atoms. The highest BCUT2D eigenvalue weighted by molar-refractivity contribution is 5.90. The normalized spacial score (nSPS) is 9.55. The van der Waals surface area contributed by atoms with E-state index in [2.05, 4.69) is 15.6 Å². The van der Waals surface area contributed by atoms with Crippen LogP contribution in [0.1, 0.15) is 12.0 Å². The summed E-state index contributed by atoms with van der Waals surface area (Å²) in [6.07, 6.45) is 1.91. The van der Waals surface area contributed by atoms with Crippen molar-refractivity contribution in [3.8, 4) is 5.75 Å². The Morgan fingerprint density at radius 2 is 2.09 bits per heavy atom. The molecule has 5 nitrogen and oxygen atoms in total. The smallest absolute Gasteiger partial charge is 0.227 e. The average molecular weight is 322 g/mol. The van der Waals surface area contributed by atoms with Gasteiger partial charge in [-0.05, 0) is 36.8 Å². The van der Waals surface area contributed by atoms with Crippen LogP contribution < -0.4 is 15.4 Å². The second kappa shape index (κ2) is 8.89. The Labute approximate surface area is 136 Å². The van der Waals surface area contributed by atoms with E-state index in [9.17, 15) is 4.79 Å². The molecule has 0 aliphatic carbocycles. The van der Waals surface area contributed by atoms with E-state index in [0.29, 0.717) is 18.7 Å². The van der Waals surface area contributed by atoms with Gasteiger partial charge in [0.15, 0.2) is 0 Å². The maximum Gasteiger partial charge on any atom is 0.227 e. The van der Waals surface area contributed by atoms with Crippen molar-refractivity contribution in [2.45, 2.75) is 13.3 Å². The molecule has 118 valence electrons.